The summed E-state index contributed by atoms with van der Waals surface area (Å²) in [5.74, 6) is 1.78. The Labute approximate surface area is 297 Å². The highest BCUT2D eigenvalue weighted by atomic mass is 16.3. The zero-order chi connectivity index (χ0) is 34.2. The minimum absolute atomic E-state index is 0.575. The van der Waals surface area contributed by atoms with E-state index < -0.39 is 0 Å². The van der Waals surface area contributed by atoms with E-state index in [2.05, 4.69) is 149 Å². The molecule has 242 valence electrons. The zero-order valence-electron chi connectivity index (χ0n) is 27.7. The lowest BCUT2D eigenvalue weighted by Crippen LogP contribution is -2.00. The van der Waals surface area contributed by atoms with Crippen molar-refractivity contribution in [3.63, 3.8) is 0 Å². The first kappa shape index (κ1) is 28.6. The number of para-hydroxylation sites is 2. The van der Waals surface area contributed by atoms with Gasteiger partial charge >= 0.3 is 0 Å². The molecule has 0 bridgehead atoms. The maximum absolute atomic E-state index is 6.20. The SMILES string of the molecule is c1ccc2c(c1)ccc1cc(-c3nc(-c4ccc(-n5c6ccccc6c6ccccc65)cc4)nc(-c4ccc5c(c4)oc4cnccc45)n3)ccc12. The van der Waals surface area contributed by atoms with Crippen LogP contribution >= 0.6 is 0 Å². The molecule has 0 aliphatic rings. The van der Waals surface area contributed by atoms with E-state index in [0.29, 0.717) is 17.5 Å². The van der Waals surface area contributed by atoms with E-state index in [1.807, 2.05) is 12.1 Å². The van der Waals surface area contributed by atoms with E-state index in [1.165, 1.54) is 38.0 Å². The molecule has 52 heavy (non-hydrogen) atoms. The molecule has 0 spiro atoms. The van der Waals surface area contributed by atoms with Crippen LogP contribution in [0.15, 0.2) is 168 Å². The summed E-state index contributed by atoms with van der Waals surface area (Å²) in [6.07, 6.45) is 3.54. The predicted molar refractivity (Wildman–Crippen MR) is 211 cm³/mol. The molecule has 0 amide bonds. The van der Waals surface area contributed by atoms with Crippen LogP contribution in [-0.4, -0.2) is 24.5 Å². The molecule has 4 aromatic heterocycles. The Morgan fingerprint density at radius 1 is 0.404 bits per heavy atom. The highest BCUT2D eigenvalue weighted by Gasteiger charge is 2.17. The predicted octanol–water partition coefficient (Wildman–Crippen LogP) is 11.6. The van der Waals surface area contributed by atoms with Crippen LogP contribution < -0.4 is 0 Å². The van der Waals surface area contributed by atoms with Crippen LogP contribution in [0.2, 0.25) is 0 Å². The Kier molecular flexibility index (Phi) is 6.15. The molecule has 0 saturated carbocycles. The summed E-state index contributed by atoms with van der Waals surface area (Å²) in [4.78, 5) is 19.5. The normalized spacial score (nSPS) is 11.8. The van der Waals surface area contributed by atoms with Crippen LogP contribution in [0.4, 0.5) is 0 Å². The van der Waals surface area contributed by atoms with Crippen molar-refractivity contribution >= 4 is 65.3 Å². The molecular formula is C46H27N5O. The Morgan fingerprint density at radius 2 is 0.962 bits per heavy atom. The summed E-state index contributed by atoms with van der Waals surface area (Å²) in [7, 11) is 0. The number of pyridine rings is 1. The summed E-state index contributed by atoms with van der Waals surface area (Å²) < 4.78 is 8.52. The van der Waals surface area contributed by atoms with Gasteiger partial charge < -0.3 is 8.98 Å². The third kappa shape index (κ3) is 4.44. The van der Waals surface area contributed by atoms with E-state index in [9.17, 15) is 0 Å². The second-order valence-electron chi connectivity index (χ2n) is 13.1. The Bertz CT molecular complexity index is 3140. The fourth-order valence-corrected chi connectivity index (χ4v) is 7.65. The number of nitrogens with zero attached hydrogens (tertiary/aromatic N) is 5. The highest BCUT2D eigenvalue weighted by molar-refractivity contribution is 6.10. The molecule has 0 saturated heterocycles. The zero-order valence-corrected chi connectivity index (χ0v) is 27.7. The average Bonchev–Trinajstić information content (AvgIpc) is 3.76. The van der Waals surface area contributed by atoms with Crippen molar-refractivity contribution in [3.8, 4) is 39.9 Å². The van der Waals surface area contributed by atoms with Crippen LogP contribution in [0.25, 0.3) is 105 Å². The molecule has 4 heterocycles. The summed E-state index contributed by atoms with van der Waals surface area (Å²) >= 11 is 0. The van der Waals surface area contributed by atoms with Gasteiger partial charge in [-0.1, -0.05) is 91.0 Å². The van der Waals surface area contributed by atoms with Gasteiger partial charge in [-0.2, -0.15) is 0 Å². The Hall–Kier alpha value is -7.18. The van der Waals surface area contributed by atoms with Crippen LogP contribution in [0.3, 0.4) is 0 Å². The van der Waals surface area contributed by atoms with Crippen molar-refractivity contribution < 1.29 is 4.42 Å². The van der Waals surface area contributed by atoms with Gasteiger partial charge in [0, 0.05) is 50.1 Å². The fraction of sp³-hybridized carbons (Fsp3) is 0. The second kappa shape index (κ2) is 11.2. The molecule has 11 aromatic rings. The molecule has 7 aromatic carbocycles. The third-order valence-electron chi connectivity index (χ3n) is 10.1. The quantitative estimate of drug-likeness (QED) is 0.175. The van der Waals surface area contributed by atoms with Gasteiger partial charge in [0.15, 0.2) is 23.1 Å². The molecule has 0 aliphatic heterocycles. The van der Waals surface area contributed by atoms with Crippen molar-refractivity contribution in [2.24, 2.45) is 0 Å². The number of hydrogen-bond acceptors (Lipinski definition) is 5. The lowest BCUT2D eigenvalue weighted by molar-refractivity contribution is 0.667. The number of aromatic nitrogens is 5. The molecule has 0 unspecified atom stereocenters. The molecule has 0 atom stereocenters. The van der Waals surface area contributed by atoms with Gasteiger partial charge in [0.1, 0.15) is 5.58 Å². The Morgan fingerprint density at radius 3 is 1.71 bits per heavy atom. The molecule has 6 nitrogen and oxygen atoms in total. The number of furan rings is 1. The van der Waals surface area contributed by atoms with Gasteiger partial charge in [-0.3, -0.25) is 4.98 Å². The average molecular weight is 666 g/mol. The van der Waals surface area contributed by atoms with Gasteiger partial charge in [0.05, 0.1) is 17.2 Å². The van der Waals surface area contributed by atoms with Crippen LogP contribution in [0.5, 0.6) is 0 Å². The molecule has 0 aliphatic carbocycles. The summed E-state index contributed by atoms with van der Waals surface area (Å²) in [5.41, 5.74) is 7.59. The van der Waals surface area contributed by atoms with Crippen LogP contribution in [-0.2, 0) is 0 Å². The van der Waals surface area contributed by atoms with E-state index in [0.717, 1.165) is 49.7 Å². The fourth-order valence-electron chi connectivity index (χ4n) is 7.65. The molecule has 0 radical (unpaired) electrons. The van der Waals surface area contributed by atoms with Crippen molar-refractivity contribution in [1.82, 2.24) is 24.5 Å². The first-order valence-corrected chi connectivity index (χ1v) is 17.3. The first-order valence-electron chi connectivity index (χ1n) is 17.3. The lowest BCUT2D eigenvalue weighted by atomic mass is 10.00. The second-order valence-corrected chi connectivity index (χ2v) is 13.1. The van der Waals surface area contributed by atoms with Gasteiger partial charge in [-0.05, 0) is 82.2 Å². The number of fused-ring (bicyclic) bond motifs is 9. The van der Waals surface area contributed by atoms with Crippen molar-refractivity contribution in [1.29, 1.82) is 0 Å². The monoisotopic (exact) mass is 665 g/mol. The van der Waals surface area contributed by atoms with Gasteiger partial charge in [0.25, 0.3) is 0 Å². The van der Waals surface area contributed by atoms with Crippen molar-refractivity contribution in [3.05, 3.63) is 164 Å². The number of rotatable bonds is 4. The molecule has 11 rings (SSSR count). The first-order chi connectivity index (χ1) is 25.7. The highest BCUT2D eigenvalue weighted by Crippen LogP contribution is 2.35. The third-order valence-corrected chi connectivity index (χ3v) is 10.1. The minimum Gasteiger partial charge on any atom is -0.454 e. The molecule has 6 heteroatoms. The van der Waals surface area contributed by atoms with Gasteiger partial charge in [-0.25, -0.2) is 15.0 Å². The summed E-state index contributed by atoms with van der Waals surface area (Å²) in [5, 5.41) is 9.29. The maximum Gasteiger partial charge on any atom is 0.164 e. The smallest absolute Gasteiger partial charge is 0.164 e. The molecule has 0 fully saturated rings. The lowest BCUT2D eigenvalue weighted by Gasteiger charge is -2.11. The van der Waals surface area contributed by atoms with Crippen molar-refractivity contribution in [2.45, 2.75) is 0 Å². The van der Waals surface area contributed by atoms with Crippen LogP contribution in [0, 0.1) is 0 Å². The molecular weight excluding hydrogens is 639 g/mol. The van der Waals surface area contributed by atoms with E-state index in [1.54, 1.807) is 12.4 Å². The van der Waals surface area contributed by atoms with E-state index >= 15 is 0 Å². The maximum atomic E-state index is 6.20. The van der Waals surface area contributed by atoms with Crippen LogP contribution in [0.1, 0.15) is 0 Å². The Balaban J connectivity index is 1.07. The van der Waals surface area contributed by atoms with Gasteiger partial charge in [-0.15, -0.1) is 0 Å². The largest absolute Gasteiger partial charge is 0.454 e. The van der Waals surface area contributed by atoms with E-state index in [4.69, 9.17) is 19.4 Å². The number of hydrogen-bond donors (Lipinski definition) is 0. The minimum atomic E-state index is 0.575. The van der Waals surface area contributed by atoms with Crippen molar-refractivity contribution in [2.75, 3.05) is 0 Å². The summed E-state index contributed by atoms with van der Waals surface area (Å²) in [6.45, 7) is 0. The topological polar surface area (TPSA) is 69.6 Å². The van der Waals surface area contributed by atoms with Gasteiger partial charge in [0.2, 0.25) is 0 Å². The summed E-state index contributed by atoms with van der Waals surface area (Å²) in [6, 6.07) is 53.0. The van der Waals surface area contributed by atoms with E-state index in [-0.39, 0.29) is 0 Å². The standard InChI is InChI=1S/C46H27N5O/c1-2-8-34-28(7-1)13-14-30-25-31(17-21-35(30)34)45-48-44(49-46(50-45)32-18-22-38-39-23-24-47-27-43(39)52-42(38)26-32)29-15-19-33(20-16-29)51-40-11-5-3-9-36(40)37-10-4-6-12-41(37)51/h1-27H. The number of benzene rings is 7. The molecule has 0 N–H and O–H groups in total.